The fourth-order valence-electron chi connectivity index (χ4n) is 5.15. The maximum Gasteiger partial charge on any atom is 0.191 e. The Morgan fingerprint density at radius 3 is 2.94 bits per heavy atom. The van der Waals surface area contributed by atoms with E-state index in [0.717, 1.165) is 74.9 Å². The topological polar surface area (TPSA) is 81.7 Å². The lowest BCUT2D eigenvalue weighted by Gasteiger charge is -2.14. The molecule has 0 radical (unpaired) electrons. The van der Waals surface area contributed by atoms with Crippen LogP contribution in [0.5, 0.6) is 0 Å². The van der Waals surface area contributed by atoms with Gasteiger partial charge in [-0.2, -0.15) is 0 Å². The molecule has 0 aliphatic carbocycles. The number of hydrogen-bond donors (Lipinski definition) is 1. The number of nitrogens with zero attached hydrogens (tertiary/aromatic N) is 5. The van der Waals surface area contributed by atoms with Gasteiger partial charge in [0.05, 0.1) is 11.2 Å². The van der Waals surface area contributed by atoms with Crippen LogP contribution in [-0.4, -0.2) is 37.2 Å². The van der Waals surface area contributed by atoms with E-state index >= 15 is 0 Å². The summed E-state index contributed by atoms with van der Waals surface area (Å²) in [5.74, 6) is 2.57. The number of pyridine rings is 1. The van der Waals surface area contributed by atoms with Crippen molar-refractivity contribution >= 4 is 39.3 Å². The fraction of sp³-hybridized carbons (Fsp3) is 0.357. The fourth-order valence-corrected chi connectivity index (χ4v) is 6.02. The summed E-state index contributed by atoms with van der Waals surface area (Å²) >= 11 is 1.79. The average Bonchev–Trinajstić information content (AvgIpc) is 3.35. The zero-order chi connectivity index (χ0) is 24.6. The van der Waals surface area contributed by atoms with Crippen LogP contribution in [0, 0.1) is 19.8 Å². The van der Waals surface area contributed by atoms with E-state index in [1.807, 2.05) is 19.9 Å². The highest BCUT2D eigenvalue weighted by Gasteiger charge is 2.19. The molecule has 4 heterocycles. The SMILES string of the molecule is Cc1ccc2c(-c3nnc(SCCCC4CCc5cc6c(C)noc6cc5NC4)n3C)cccc2n1. The van der Waals surface area contributed by atoms with Crippen molar-refractivity contribution in [3.05, 3.63) is 59.4 Å². The van der Waals surface area contributed by atoms with E-state index in [1.165, 1.54) is 24.1 Å². The Morgan fingerprint density at radius 1 is 1.11 bits per heavy atom. The van der Waals surface area contributed by atoms with E-state index in [-0.39, 0.29) is 0 Å². The third kappa shape index (κ3) is 4.34. The normalized spacial score (nSPS) is 15.7. The van der Waals surface area contributed by atoms with Crippen LogP contribution >= 0.6 is 11.8 Å². The van der Waals surface area contributed by atoms with Gasteiger partial charge < -0.3 is 14.4 Å². The Morgan fingerprint density at radius 2 is 2.03 bits per heavy atom. The van der Waals surface area contributed by atoms with E-state index in [9.17, 15) is 0 Å². The molecule has 0 bridgehead atoms. The number of hydrogen-bond acceptors (Lipinski definition) is 7. The van der Waals surface area contributed by atoms with Gasteiger partial charge in [-0.1, -0.05) is 35.1 Å². The number of aromatic nitrogens is 5. The average molecular weight is 499 g/mol. The molecule has 0 spiro atoms. The van der Waals surface area contributed by atoms with E-state index in [2.05, 4.69) is 73.7 Å². The van der Waals surface area contributed by atoms with Crippen molar-refractivity contribution in [3.8, 4) is 11.4 Å². The first-order chi connectivity index (χ1) is 17.6. The lowest BCUT2D eigenvalue weighted by molar-refractivity contribution is 0.450. The zero-order valence-corrected chi connectivity index (χ0v) is 21.7. The van der Waals surface area contributed by atoms with Crippen LogP contribution < -0.4 is 5.32 Å². The first-order valence-corrected chi connectivity index (χ1v) is 13.6. The van der Waals surface area contributed by atoms with Crippen LogP contribution in [0.25, 0.3) is 33.3 Å². The first kappa shape index (κ1) is 23.0. The van der Waals surface area contributed by atoms with Gasteiger partial charge in [0.25, 0.3) is 0 Å². The predicted octanol–water partition coefficient (Wildman–Crippen LogP) is 6.34. The van der Waals surface area contributed by atoms with Gasteiger partial charge >= 0.3 is 0 Å². The Labute approximate surface area is 214 Å². The van der Waals surface area contributed by atoms with E-state index in [0.29, 0.717) is 5.92 Å². The summed E-state index contributed by atoms with van der Waals surface area (Å²) in [6.45, 7) is 5.02. The molecule has 6 rings (SSSR count). The molecule has 5 aromatic rings. The van der Waals surface area contributed by atoms with E-state index < -0.39 is 0 Å². The van der Waals surface area contributed by atoms with Gasteiger partial charge in [0, 0.05) is 53.1 Å². The van der Waals surface area contributed by atoms with Crippen molar-refractivity contribution in [2.24, 2.45) is 13.0 Å². The molecule has 0 amide bonds. The second-order valence-electron chi connectivity index (χ2n) is 9.74. The van der Waals surface area contributed by atoms with Gasteiger partial charge in [-0.15, -0.1) is 10.2 Å². The Kier molecular flexibility index (Phi) is 6.13. The summed E-state index contributed by atoms with van der Waals surface area (Å²) in [5, 5.41) is 20.0. The van der Waals surface area contributed by atoms with Crippen molar-refractivity contribution in [1.29, 1.82) is 0 Å². The molecule has 8 heteroatoms. The van der Waals surface area contributed by atoms with Gasteiger partial charge in [-0.3, -0.25) is 4.98 Å². The molecule has 0 saturated carbocycles. The number of rotatable bonds is 6. The highest BCUT2D eigenvalue weighted by molar-refractivity contribution is 7.99. The standard InChI is InChI=1S/C28H30N6OS/c1-17-9-12-21-22(7-4-8-24(21)30-17)27-31-32-28(34(27)3)36-13-5-6-19-10-11-20-14-23-18(2)33-35-26(23)15-25(20)29-16-19/h4,7-9,12,14-15,19,29H,5-6,10-11,13,16H2,1-3H3. The van der Waals surface area contributed by atoms with E-state index in [1.54, 1.807) is 11.8 Å². The Bertz CT molecular complexity index is 1560. The van der Waals surface area contributed by atoms with Crippen molar-refractivity contribution < 1.29 is 4.52 Å². The van der Waals surface area contributed by atoms with Gasteiger partial charge in [0.2, 0.25) is 0 Å². The maximum absolute atomic E-state index is 5.46. The summed E-state index contributed by atoms with van der Waals surface area (Å²) in [4.78, 5) is 4.66. The molecule has 36 heavy (non-hydrogen) atoms. The zero-order valence-electron chi connectivity index (χ0n) is 20.9. The summed E-state index contributed by atoms with van der Waals surface area (Å²) in [6, 6.07) is 14.7. The lowest BCUT2D eigenvalue weighted by atomic mass is 9.96. The number of aryl methyl sites for hydroxylation is 3. The van der Waals surface area contributed by atoms with Crippen LogP contribution in [0.3, 0.4) is 0 Å². The van der Waals surface area contributed by atoms with Gasteiger partial charge in [0.15, 0.2) is 16.6 Å². The van der Waals surface area contributed by atoms with E-state index in [4.69, 9.17) is 4.52 Å². The molecule has 2 aromatic carbocycles. The quantitative estimate of drug-likeness (QED) is 0.216. The molecule has 1 N–H and O–H groups in total. The van der Waals surface area contributed by atoms with Crippen LogP contribution in [0.15, 0.2) is 52.1 Å². The minimum Gasteiger partial charge on any atom is -0.384 e. The molecule has 7 nitrogen and oxygen atoms in total. The lowest BCUT2D eigenvalue weighted by Crippen LogP contribution is -2.12. The third-order valence-electron chi connectivity index (χ3n) is 7.21. The molecular formula is C28H30N6OS. The van der Waals surface area contributed by atoms with Crippen LogP contribution in [0.2, 0.25) is 0 Å². The molecule has 0 saturated heterocycles. The molecule has 1 unspecified atom stereocenters. The van der Waals surface area contributed by atoms with Gasteiger partial charge in [0.1, 0.15) is 0 Å². The summed E-state index contributed by atoms with van der Waals surface area (Å²) in [7, 11) is 2.05. The Hall–Kier alpha value is -3.39. The molecule has 1 atom stereocenters. The van der Waals surface area contributed by atoms with Gasteiger partial charge in [-0.05, 0) is 69.2 Å². The molecule has 1 aliphatic rings. The van der Waals surface area contributed by atoms with Crippen LogP contribution in [0.1, 0.15) is 36.2 Å². The van der Waals surface area contributed by atoms with Crippen LogP contribution in [0.4, 0.5) is 5.69 Å². The second kappa shape index (κ2) is 9.58. The first-order valence-electron chi connectivity index (χ1n) is 12.6. The predicted molar refractivity (Wildman–Crippen MR) is 145 cm³/mol. The summed E-state index contributed by atoms with van der Waals surface area (Å²) < 4.78 is 7.57. The van der Waals surface area contributed by atoms with Crippen molar-refractivity contribution in [3.63, 3.8) is 0 Å². The molecule has 1 aliphatic heterocycles. The minimum absolute atomic E-state index is 0.658. The smallest absolute Gasteiger partial charge is 0.191 e. The molecule has 3 aromatic heterocycles. The Balaban J connectivity index is 1.06. The summed E-state index contributed by atoms with van der Waals surface area (Å²) in [5.41, 5.74) is 7.48. The van der Waals surface area contributed by atoms with Crippen molar-refractivity contribution in [2.75, 3.05) is 17.6 Å². The number of thioether (sulfide) groups is 1. The number of benzene rings is 2. The molecule has 0 fully saturated rings. The largest absolute Gasteiger partial charge is 0.384 e. The monoisotopic (exact) mass is 498 g/mol. The second-order valence-corrected chi connectivity index (χ2v) is 10.8. The van der Waals surface area contributed by atoms with Crippen LogP contribution in [-0.2, 0) is 13.5 Å². The van der Waals surface area contributed by atoms with Gasteiger partial charge in [-0.25, -0.2) is 0 Å². The number of nitrogens with one attached hydrogen (secondary N) is 1. The maximum atomic E-state index is 5.46. The third-order valence-corrected chi connectivity index (χ3v) is 8.32. The number of fused-ring (bicyclic) bond motifs is 3. The van der Waals surface area contributed by atoms with Crippen molar-refractivity contribution in [1.82, 2.24) is 24.9 Å². The highest BCUT2D eigenvalue weighted by atomic mass is 32.2. The molecular weight excluding hydrogens is 468 g/mol. The highest BCUT2D eigenvalue weighted by Crippen LogP contribution is 2.32. The van der Waals surface area contributed by atoms with Crippen molar-refractivity contribution in [2.45, 2.75) is 44.7 Å². The minimum atomic E-state index is 0.658. The molecule has 184 valence electrons. The number of anilines is 1. The summed E-state index contributed by atoms with van der Waals surface area (Å²) in [6.07, 6.45) is 4.64.